The normalized spacial score (nSPS) is 10.2. The molecule has 2 aromatic rings. The van der Waals surface area contributed by atoms with Crippen molar-refractivity contribution in [3.05, 3.63) is 58.1 Å². The van der Waals surface area contributed by atoms with Crippen molar-refractivity contribution in [2.45, 2.75) is 20.8 Å². The molecule has 1 amide bonds. The van der Waals surface area contributed by atoms with Gasteiger partial charge in [-0.05, 0) is 62.7 Å². The van der Waals surface area contributed by atoms with Crippen LogP contribution in [0.5, 0.6) is 5.75 Å². The first kappa shape index (κ1) is 18.8. The third-order valence-corrected chi connectivity index (χ3v) is 3.77. The predicted octanol–water partition coefficient (Wildman–Crippen LogP) is 4.48. The van der Waals surface area contributed by atoms with E-state index >= 15 is 0 Å². The number of amides is 1. The molecule has 0 aliphatic rings. The first-order chi connectivity index (χ1) is 12.0. The number of hydrogen-bond acceptors (Lipinski definition) is 4. The van der Waals surface area contributed by atoms with Crippen LogP contribution in [0.25, 0.3) is 0 Å². The lowest BCUT2D eigenvalue weighted by Crippen LogP contribution is -2.13. The fraction of sp³-hybridized carbons (Fsp3) is 0.263. The van der Waals surface area contributed by atoms with E-state index in [0.29, 0.717) is 17.9 Å². The fourth-order valence-corrected chi connectivity index (χ4v) is 2.54. The largest absolute Gasteiger partial charge is 0.494 e. The third kappa shape index (κ3) is 4.73. The summed E-state index contributed by atoms with van der Waals surface area (Å²) in [5.41, 5.74) is 2.14. The summed E-state index contributed by atoms with van der Waals surface area (Å²) in [6.45, 7) is 6.35. The zero-order chi connectivity index (χ0) is 18.4. The molecule has 0 atom stereocenters. The Morgan fingerprint density at radius 1 is 1.08 bits per heavy atom. The van der Waals surface area contributed by atoms with E-state index < -0.39 is 5.97 Å². The van der Waals surface area contributed by atoms with Crippen LogP contribution < -0.4 is 10.1 Å². The number of halogens is 1. The van der Waals surface area contributed by atoms with Gasteiger partial charge >= 0.3 is 5.97 Å². The highest BCUT2D eigenvalue weighted by atomic mass is 35.5. The Balaban J connectivity index is 2.14. The number of nitrogens with one attached hydrogen (secondary N) is 1. The molecule has 6 heteroatoms. The van der Waals surface area contributed by atoms with E-state index in [1.807, 2.05) is 13.8 Å². The summed E-state index contributed by atoms with van der Waals surface area (Å²) in [5.74, 6) is -0.0144. The molecule has 0 spiro atoms. The van der Waals surface area contributed by atoms with E-state index in [9.17, 15) is 9.59 Å². The van der Waals surface area contributed by atoms with Crippen LogP contribution in [0, 0.1) is 6.92 Å². The van der Waals surface area contributed by atoms with Gasteiger partial charge in [0.15, 0.2) is 0 Å². The van der Waals surface area contributed by atoms with E-state index in [2.05, 4.69) is 5.32 Å². The van der Waals surface area contributed by atoms with Gasteiger partial charge in [-0.1, -0.05) is 11.6 Å². The molecule has 0 bridgehead atoms. The van der Waals surface area contributed by atoms with Crippen molar-refractivity contribution in [2.24, 2.45) is 0 Å². The topological polar surface area (TPSA) is 64.6 Å². The number of ether oxygens (including phenoxy) is 2. The lowest BCUT2D eigenvalue weighted by molar-refractivity contribution is 0.0526. The zero-order valence-electron chi connectivity index (χ0n) is 14.4. The molecule has 0 heterocycles. The van der Waals surface area contributed by atoms with Crippen molar-refractivity contribution in [2.75, 3.05) is 18.5 Å². The molecule has 0 unspecified atom stereocenters. The van der Waals surface area contributed by atoms with Gasteiger partial charge in [0, 0.05) is 11.3 Å². The van der Waals surface area contributed by atoms with Gasteiger partial charge in [-0.15, -0.1) is 0 Å². The van der Waals surface area contributed by atoms with Crippen LogP contribution in [0.15, 0.2) is 36.4 Å². The molecule has 2 rings (SSSR count). The Kier molecular flexibility index (Phi) is 6.42. The number of esters is 1. The van der Waals surface area contributed by atoms with Gasteiger partial charge in [0.2, 0.25) is 0 Å². The second-order valence-corrected chi connectivity index (χ2v) is 5.69. The standard InChI is InChI=1S/C19H20ClNO4/c1-4-24-17-9-6-13(10-12(17)3)18(22)21-14-7-8-15(16(20)11-14)19(23)25-5-2/h6-11H,4-5H2,1-3H3,(H,21,22). The Bertz CT molecular complexity index is 789. The van der Waals surface area contributed by atoms with E-state index in [0.717, 1.165) is 11.3 Å². The number of rotatable bonds is 6. The van der Waals surface area contributed by atoms with Crippen molar-refractivity contribution in [1.29, 1.82) is 0 Å². The van der Waals surface area contributed by atoms with Crippen molar-refractivity contribution in [1.82, 2.24) is 0 Å². The summed E-state index contributed by atoms with van der Waals surface area (Å²) in [5, 5.41) is 2.98. The molecule has 0 aromatic heterocycles. The molecule has 0 aliphatic heterocycles. The van der Waals surface area contributed by atoms with Crippen molar-refractivity contribution in [3.63, 3.8) is 0 Å². The Morgan fingerprint density at radius 3 is 2.44 bits per heavy atom. The minimum atomic E-state index is -0.493. The summed E-state index contributed by atoms with van der Waals surface area (Å²) in [6.07, 6.45) is 0. The SMILES string of the molecule is CCOC(=O)c1ccc(NC(=O)c2ccc(OCC)c(C)c2)cc1Cl. The van der Waals surface area contributed by atoms with E-state index in [-0.39, 0.29) is 23.1 Å². The Morgan fingerprint density at radius 2 is 1.84 bits per heavy atom. The van der Waals surface area contributed by atoms with Crippen LogP contribution >= 0.6 is 11.6 Å². The number of benzene rings is 2. The molecular formula is C19H20ClNO4. The summed E-state index contributed by atoms with van der Waals surface area (Å²) in [4.78, 5) is 24.1. The van der Waals surface area contributed by atoms with Crippen LogP contribution in [-0.2, 0) is 4.74 Å². The van der Waals surface area contributed by atoms with Gasteiger partial charge < -0.3 is 14.8 Å². The average Bonchev–Trinajstić information content (AvgIpc) is 2.57. The number of carbonyl (C=O) groups is 2. The molecule has 0 saturated heterocycles. The first-order valence-corrected chi connectivity index (χ1v) is 8.35. The average molecular weight is 362 g/mol. The number of hydrogen-bond donors (Lipinski definition) is 1. The Labute approximate surface area is 151 Å². The number of carbonyl (C=O) groups excluding carboxylic acids is 2. The van der Waals surface area contributed by atoms with Crippen molar-refractivity contribution >= 4 is 29.2 Å². The number of anilines is 1. The highest BCUT2D eigenvalue weighted by Gasteiger charge is 2.14. The van der Waals surface area contributed by atoms with Crippen LogP contribution in [0.3, 0.4) is 0 Å². The summed E-state index contributed by atoms with van der Waals surface area (Å²) in [7, 11) is 0. The molecular weight excluding hydrogens is 342 g/mol. The maximum atomic E-state index is 12.4. The molecule has 0 radical (unpaired) electrons. The highest BCUT2D eigenvalue weighted by molar-refractivity contribution is 6.34. The summed E-state index contributed by atoms with van der Waals surface area (Å²) >= 11 is 6.10. The van der Waals surface area contributed by atoms with Crippen LogP contribution in [0.2, 0.25) is 5.02 Å². The van der Waals surface area contributed by atoms with Crippen LogP contribution in [0.4, 0.5) is 5.69 Å². The quantitative estimate of drug-likeness (QED) is 0.770. The summed E-state index contributed by atoms with van der Waals surface area (Å²) < 4.78 is 10.4. The monoisotopic (exact) mass is 361 g/mol. The minimum Gasteiger partial charge on any atom is -0.494 e. The second kappa shape index (κ2) is 8.53. The van der Waals surface area contributed by atoms with E-state index in [1.54, 1.807) is 31.2 Å². The van der Waals surface area contributed by atoms with Crippen molar-refractivity contribution in [3.8, 4) is 5.75 Å². The maximum Gasteiger partial charge on any atom is 0.339 e. The number of aryl methyl sites for hydroxylation is 1. The third-order valence-electron chi connectivity index (χ3n) is 3.46. The molecule has 0 fully saturated rings. The second-order valence-electron chi connectivity index (χ2n) is 5.28. The van der Waals surface area contributed by atoms with Crippen molar-refractivity contribution < 1.29 is 19.1 Å². The smallest absolute Gasteiger partial charge is 0.339 e. The molecule has 0 aliphatic carbocycles. The lowest BCUT2D eigenvalue weighted by Gasteiger charge is -2.11. The zero-order valence-corrected chi connectivity index (χ0v) is 15.1. The fourth-order valence-electron chi connectivity index (χ4n) is 2.28. The van der Waals surface area contributed by atoms with Crippen LogP contribution in [0.1, 0.15) is 40.1 Å². The maximum absolute atomic E-state index is 12.4. The van der Waals surface area contributed by atoms with Gasteiger partial charge in [0.1, 0.15) is 5.75 Å². The van der Waals surface area contributed by atoms with E-state index in [4.69, 9.17) is 21.1 Å². The molecule has 1 N–H and O–H groups in total. The van der Waals surface area contributed by atoms with Gasteiger partial charge in [0.25, 0.3) is 5.91 Å². The highest BCUT2D eigenvalue weighted by Crippen LogP contribution is 2.23. The first-order valence-electron chi connectivity index (χ1n) is 7.97. The van der Waals surface area contributed by atoms with Gasteiger partial charge in [-0.3, -0.25) is 4.79 Å². The Hall–Kier alpha value is -2.53. The van der Waals surface area contributed by atoms with Crippen LogP contribution in [-0.4, -0.2) is 25.1 Å². The molecule has 132 valence electrons. The molecule has 2 aromatic carbocycles. The van der Waals surface area contributed by atoms with Gasteiger partial charge in [0.05, 0.1) is 23.8 Å². The van der Waals surface area contributed by atoms with E-state index in [1.165, 1.54) is 12.1 Å². The lowest BCUT2D eigenvalue weighted by atomic mass is 10.1. The summed E-state index contributed by atoms with van der Waals surface area (Å²) in [6, 6.07) is 9.88. The van der Waals surface area contributed by atoms with Gasteiger partial charge in [-0.25, -0.2) is 4.79 Å². The minimum absolute atomic E-state index is 0.221. The molecule has 25 heavy (non-hydrogen) atoms. The molecule has 0 saturated carbocycles. The molecule has 5 nitrogen and oxygen atoms in total. The van der Waals surface area contributed by atoms with Gasteiger partial charge in [-0.2, -0.15) is 0 Å². The predicted molar refractivity (Wildman–Crippen MR) is 97.7 cm³/mol.